The van der Waals surface area contributed by atoms with Gasteiger partial charge in [0.25, 0.3) is 0 Å². The first kappa shape index (κ1) is 12.5. The van der Waals surface area contributed by atoms with Gasteiger partial charge in [0.05, 0.1) is 24.9 Å². The monoisotopic (exact) mass is 264 g/mol. The molecule has 1 fully saturated rings. The van der Waals surface area contributed by atoms with Crippen molar-refractivity contribution in [3.05, 3.63) is 17.0 Å². The van der Waals surface area contributed by atoms with Crippen LogP contribution >= 0.6 is 0 Å². The van der Waals surface area contributed by atoms with Crippen molar-refractivity contribution in [2.75, 3.05) is 20.2 Å². The molecule has 6 nitrogen and oxygen atoms in total. The Bertz CT molecular complexity index is 497. The summed E-state index contributed by atoms with van der Waals surface area (Å²) in [5.74, 6) is 0. The maximum atomic E-state index is 11.9. The van der Waals surface area contributed by atoms with Crippen molar-refractivity contribution >= 4 is 6.03 Å². The number of aryl methyl sites for hydroxylation is 1. The fraction of sp³-hybridized carbons (Fsp3) is 0.692. The quantitative estimate of drug-likeness (QED) is 0.822. The molecule has 0 aromatic carbocycles. The lowest BCUT2D eigenvalue weighted by molar-refractivity contribution is 0.107. The average molecular weight is 264 g/mol. The Morgan fingerprint density at radius 3 is 3.16 bits per heavy atom. The molecule has 2 aliphatic rings. The number of carbonyl (C=O) groups excluding carboxylic acids is 1. The number of hydrogen-bond acceptors (Lipinski definition) is 3. The van der Waals surface area contributed by atoms with E-state index in [9.17, 15) is 4.79 Å². The molecule has 104 valence electrons. The summed E-state index contributed by atoms with van der Waals surface area (Å²) in [6, 6.07) is 0.0789. The maximum Gasteiger partial charge on any atom is 0.317 e. The largest absolute Gasteiger partial charge is 0.376 e. The molecule has 1 N–H and O–H groups in total. The zero-order valence-electron chi connectivity index (χ0n) is 11.5. The van der Waals surface area contributed by atoms with Crippen molar-refractivity contribution in [2.24, 2.45) is 7.05 Å². The van der Waals surface area contributed by atoms with Crippen LogP contribution in [0.25, 0.3) is 0 Å². The van der Waals surface area contributed by atoms with E-state index >= 15 is 0 Å². The van der Waals surface area contributed by atoms with Crippen LogP contribution in [0.15, 0.2) is 0 Å². The molecule has 3 rings (SSSR count). The van der Waals surface area contributed by atoms with Crippen LogP contribution in [0.5, 0.6) is 0 Å². The van der Waals surface area contributed by atoms with Crippen LogP contribution in [0.2, 0.25) is 0 Å². The smallest absolute Gasteiger partial charge is 0.317 e. The molecule has 19 heavy (non-hydrogen) atoms. The van der Waals surface area contributed by atoms with Gasteiger partial charge in [-0.15, -0.1) is 0 Å². The van der Waals surface area contributed by atoms with E-state index in [0.29, 0.717) is 6.61 Å². The molecule has 1 unspecified atom stereocenters. The van der Waals surface area contributed by atoms with E-state index in [4.69, 9.17) is 4.74 Å². The molecule has 3 heterocycles. The highest BCUT2D eigenvalue weighted by atomic mass is 16.5. The summed E-state index contributed by atoms with van der Waals surface area (Å²) in [6.45, 7) is 2.18. The number of likely N-dealkylation sites (tertiary alicyclic amines) is 1. The van der Waals surface area contributed by atoms with Gasteiger partial charge < -0.3 is 15.0 Å². The second-order valence-corrected chi connectivity index (χ2v) is 5.14. The van der Waals surface area contributed by atoms with Gasteiger partial charge in [0.1, 0.15) is 0 Å². The van der Waals surface area contributed by atoms with Gasteiger partial charge in [0, 0.05) is 38.3 Å². The second kappa shape index (κ2) is 4.85. The van der Waals surface area contributed by atoms with Crippen LogP contribution in [-0.2, 0) is 24.8 Å². The molecule has 2 amide bonds. The molecule has 0 aliphatic carbocycles. The maximum absolute atomic E-state index is 11.9. The van der Waals surface area contributed by atoms with Crippen LogP contribution in [0.4, 0.5) is 4.79 Å². The fourth-order valence-corrected chi connectivity index (χ4v) is 3.14. The molecular weight excluding hydrogens is 244 g/mol. The van der Waals surface area contributed by atoms with Crippen molar-refractivity contribution in [2.45, 2.75) is 31.9 Å². The average Bonchev–Trinajstić information content (AvgIpc) is 3.03. The molecule has 1 saturated heterocycles. The number of hydrogen-bond donors (Lipinski definition) is 1. The first-order valence-electron chi connectivity index (χ1n) is 6.83. The first-order valence-corrected chi connectivity index (χ1v) is 6.83. The number of nitrogens with zero attached hydrogens (tertiary/aromatic N) is 3. The highest BCUT2D eigenvalue weighted by molar-refractivity contribution is 5.74. The van der Waals surface area contributed by atoms with Crippen molar-refractivity contribution in [1.29, 1.82) is 0 Å². The molecular formula is C13H20N4O2. The number of carbonyl (C=O) groups is 1. The SMILES string of the molecule is CNC(=O)N1CCCC1c1nn(C)c2c1COCC2. The van der Waals surface area contributed by atoms with Gasteiger partial charge >= 0.3 is 6.03 Å². The molecule has 6 heteroatoms. The first-order chi connectivity index (χ1) is 9.22. The lowest BCUT2D eigenvalue weighted by atomic mass is 10.0. The Kier molecular flexibility index (Phi) is 3.18. The van der Waals surface area contributed by atoms with Gasteiger partial charge in [-0.2, -0.15) is 5.10 Å². The van der Waals surface area contributed by atoms with Gasteiger partial charge in [-0.1, -0.05) is 0 Å². The van der Waals surface area contributed by atoms with Crippen molar-refractivity contribution in [3.63, 3.8) is 0 Å². The Morgan fingerprint density at radius 1 is 1.53 bits per heavy atom. The van der Waals surface area contributed by atoms with Crippen molar-refractivity contribution < 1.29 is 9.53 Å². The zero-order valence-corrected chi connectivity index (χ0v) is 11.5. The number of aromatic nitrogens is 2. The molecule has 0 saturated carbocycles. The van der Waals surface area contributed by atoms with E-state index in [1.807, 2.05) is 16.6 Å². The Hall–Kier alpha value is -1.56. The number of nitrogens with one attached hydrogen (secondary N) is 1. The Labute approximate surface area is 112 Å². The molecule has 1 aromatic heterocycles. The molecule has 0 bridgehead atoms. The molecule has 2 aliphatic heterocycles. The minimum absolute atomic E-state index is 0.0152. The lowest BCUT2D eigenvalue weighted by Gasteiger charge is -2.24. The third-order valence-corrected chi connectivity index (χ3v) is 4.08. The van der Waals surface area contributed by atoms with Crippen LogP contribution in [0, 0.1) is 0 Å². The third-order valence-electron chi connectivity index (χ3n) is 4.08. The molecule has 1 aromatic rings. The number of ether oxygens (including phenoxy) is 1. The van der Waals surface area contributed by atoms with Crippen LogP contribution in [0.1, 0.15) is 35.8 Å². The molecule has 0 radical (unpaired) electrons. The summed E-state index contributed by atoms with van der Waals surface area (Å²) in [7, 11) is 3.65. The Balaban J connectivity index is 1.95. The minimum Gasteiger partial charge on any atom is -0.376 e. The molecule has 0 spiro atoms. The van der Waals surface area contributed by atoms with Crippen LogP contribution < -0.4 is 5.32 Å². The Morgan fingerprint density at radius 2 is 2.37 bits per heavy atom. The predicted octanol–water partition coefficient (Wildman–Crippen LogP) is 0.969. The lowest BCUT2D eigenvalue weighted by Crippen LogP contribution is -2.37. The van der Waals surface area contributed by atoms with Crippen molar-refractivity contribution in [1.82, 2.24) is 20.0 Å². The van der Waals surface area contributed by atoms with E-state index in [1.165, 1.54) is 11.3 Å². The highest BCUT2D eigenvalue weighted by Gasteiger charge is 2.34. The van der Waals surface area contributed by atoms with Gasteiger partial charge in [0.2, 0.25) is 0 Å². The number of urea groups is 1. The standard InChI is InChI=1S/C13H20N4O2/c1-14-13(18)17-6-3-4-11(17)12-9-8-19-7-5-10(9)16(2)15-12/h11H,3-8H2,1-2H3,(H,14,18). The predicted molar refractivity (Wildman–Crippen MR) is 69.7 cm³/mol. The summed E-state index contributed by atoms with van der Waals surface area (Å²) >= 11 is 0. The van der Waals surface area contributed by atoms with E-state index in [2.05, 4.69) is 10.4 Å². The van der Waals surface area contributed by atoms with E-state index in [0.717, 1.165) is 38.1 Å². The topological polar surface area (TPSA) is 59.4 Å². The number of amides is 2. The summed E-state index contributed by atoms with van der Waals surface area (Å²) in [6.07, 6.45) is 2.92. The summed E-state index contributed by atoms with van der Waals surface area (Å²) in [4.78, 5) is 13.8. The zero-order chi connectivity index (χ0) is 13.4. The number of rotatable bonds is 1. The van der Waals surface area contributed by atoms with Gasteiger partial charge in [0.15, 0.2) is 0 Å². The second-order valence-electron chi connectivity index (χ2n) is 5.14. The molecule has 1 atom stereocenters. The van der Waals surface area contributed by atoms with E-state index in [-0.39, 0.29) is 12.1 Å². The summed E-state index contributed by atoms with van der Waals surface area (Å²) in [5.41, 5.74) is 3.47. The van der Waals surface area contributed by atoms with Crippen LogP contribution in [0.3, 0.4) is 0 Å². The fourth-order valence-electron chi connectivity index (χ4n) is 3.14. The summed E-state index contributed by atoms with van der Waals surface area (Å²) in [5, 5.41) is 7.37. The van der Waals surface area contributed by atoms with Crippen molar-refractivity contribution in [3.8, 4) is 0 Å². The van der Waals surface area contributed by atoms with E-state index in [1.54, 1.807) is 7.05 Å². The number of fused-ring (bicyclic) bond motifs is 1. The third kappa shape index (κ3) is 2.00. The minimum atomic E-state index is -0.0152. The normalized spacial score (nSPS) is 22.4. The van der Waals surface area contributed by atoms with Gasteiger partial charge in [-0.25, -0.2) is 4.79 Å². The highest BCUT2D eigenvalue weighted by Crippen LogP contribution is 2.35. The van der Waals surface area contributed by atoms with Crippen LogP contribution in [-0.4, -0.2) is 40.9 Å². The summed E-state index contributed by atoms with van der Waals surface area (Å²) < 4.78 is 7.51. The van der Waals surface area contributed by atoms with Gasteiger partial charge in [-0.05, 0) is 12.8 Å². The van der Waals surface area contributed by atoms with Gasteiger partial charge in [-0.3, -0.25) is 4.68 Å². The van der Waals surface area contributed by atoms with E-state index < -0.39 is 0 Å².